The van der Waals surface area contributed by atoms with Crippen LogP contribution in [0.2, 0.25) is 0 Å². The van der Waals surface area contributed by atoms with Gasteiger partial charge in [0.1, 0.15) is 0 Å². The number of halogens is 1. The minimum atomic E-state index is -0.0267. The summed E-state index contributed by atoms with van der Waals surface area (Å²) in [6, 6.07) is 5.27. The summed E-state index contributed by atoms with van der Waals surface area (Å²) >= 11 is 3.28. The fourth-order valence-corrected chi connectivity index (χ4v) is 1.38. The van der Waals surface area contributed by atoms with Crippen LogP contribution in [0.3, 0.4) is 0 Å². The zero-order valence-corrected chi connectivity index (χ0v) is 8.62. The summed E-state index contributed by atoms with van der Waals surface area (Å²) < 4.78 is 2.48. The average molecular weight is 241 g/mol. The number of aryl methyl sites for hydroxylation is 1. The summed E-state index contributed by atoms with van der Waals surface area (Å²) in [5.74, 6) is 0. The summed E-state index contributed by atoms with van der Waals surface area (Å²) in [7, 11) is 0. The Morgan fingerprint density at radius 2 is 2.31 bits per heavy atom. The van der Waals surface area contributed by atoms with Gasteiger partial charge in [0.05, 0.1) is 6.07 Å². The van der Waals surface area contributed by atoms with Crippen LogP contribution in [0.1, 0.15) is 12.8 Å². The molecule has 0 aliphatic rings. The van der Waals surface area contributed by atoms with Crippen molar-refractivity contribution < 1.29 is 0 Å². The van der Waals surface area contributed by atoms with Gasteiger partial charge >= 0.3 is 0 Å². The van der Waals surface area contributed by atoms with Gasteiger partial charge in [-0.05, 0) is 28.4 Å². The van der Waals surface area contributed by atoms with E-state index >= 15 is 0 Å². The van der Waals surface area contributed by atoms with Crippen LogP contribution < -0.4 is 5.56 Å². The molecule has 68 valence electrons. The maximum atomic E-state index is 11.2. The fourth-order valence-electron chi connectivity index (χ4n) is 1.01. The van der Waals surface area contributed by atoms with Crippen LogP contribution in [0.15, 0.2) is 27.6 Å². The lowest BCUT2D eigenvalue weighted by Gasteiger charge is -2.02. The highest BCUT2D eigenvalue weighted by molar-refractivity contribution is 9.10. The number of pyridine rings is 1. The molecule has 0 aliphatic carbocycles. The minimum Gasteiger partial charge on any atom is -0.314 e. The molecule has 0 saturated heterocycles. The van der Waals surface area contributed by atoms with Crippen molar-refractivity contribution in [2.75, 3.05) is 0 Å². The number of unbranched alkanes of at least 4 members (excludes halogenated alkanes) is 1. The predicted molar refractivity (Wildman–Crippen MR) is 53.2 cm³/mol. The summed E-state index contributed by atoms with van der Waals surface area (Å²) in [5.41, 5.74) is -0.0267. The van der Waals surface area contributed by atoms with Gasteiger partial charge in [-0.1, -0.05) is 0 Å². The molecule has 0 atom stereocenters. The molecule has 1 rings (SSSR count). The van der Waals surface area contributed by atoms with E-state index in [1.807, 2.05) is 6.07 Å². The van der Waals surface area contributed by atoms with Crippen molar-refractivity contribution in [3.63, 3.8) is 0 Å². The Morgan fingerprint density at radius 3 is 3.00 bits per heavy atom. The molecule has 0 spiro atoms. The molecule has 0 aromatic carbocycles. The molecule has 0 N–H and O–H groups in total. The normalized spacial score (nSPS) is 9.54. The first-order chi connectivity index (χ1) is 6.24. The summed E-state index contributed by atoms with van der Waals surface area (Å²) in [5, 5.41) is 8.32. The topological polar surface area (TPSA) is 45.8 Å². The molecule has 3 nitrogen and oxygen atoms in total. The van der Waals surface area contributed by atoms with E-state index in [1.165, 1.54) is 6.07 Å². The van der Waals surface area contributed by atoms with Crippen LogP contribution >= 0.6 is 15.9 Å². The van der Waals surface area contributed by atoms with Crippen molar-refractivity contribution in [2.45, 2.75) is 19.4 Å². The summed E-state index contributed by atoms with van der Waals surface area (Å²) in [6.07, 6.45) is 2.94. The van der Waals surface area contributed by atoms with Gasteiger partial charge in [0.15, 0.2) is 0 Å². The quantitative estimate of drug-likeness (QED) is 0.759. The van der Waals surface area contributed by atoms with Crippen molar-refractivity contribution in [3.05, 3.63) is 33.2 Å². The number of rotatable bonds is 3. The monoisotopic (exact) mass is 240 g/mol. The molecular weight excluding hydrogens is 232 g/mol. The van der Waals surface area contributed by atoms with Crippen molar-refractivity contribution in [3.8, 4) is 6.07 Å². The maximum absolute atomic E-state index is 11.2. The Kier molecular flexibility index (Phi) is 3.71. The lowest BCUT2D eigenvalue weighted by atomic mass is 10.3. The molecular formula is C9H9BrN2O. The number of nitriles is 1. The third-order valence-corrected chi connectivity index (χ3v) is 2.10. The minimum absolute atomic E-state index is 0.0267. The van der Waals surface area contributed by atoms with Gasteiger partial charge in [0, 0.05) is 29.7 Å². The molecule has 1 heterocycles. The second-order valence-electron chi connectivity index (χ2n) is 2.64. The molecule has 0 saturated carbocycles. The molecule has 0 amide bonds. The SMILES string of the molecule is N#CCCCn1cc(Br)ccc1=O. The summed E-state index contributed by atoms with van der Waals surface area (Å²) in [6.45, 7) is 0.603. The van der Waals surface area contributed by atoms with Crippen LogP contribution in [0.25, 0.3) is 0 Å². The Bertz CT molecular complexity index is 378. The zero-order chi connectivity index (χ0) is 9.68. The van der Waals surface area contributed by atoms with Crippen LogP contribution in [0.5, 0.6) is 0 Å². The van der Waals surface area contributed by atoms with E-state index in [0.717, 1.165) is 4.47 Å². The van der Waals surface area contributed by atoms with E-state index in [0.29, 0.717) is 19.4 Å². The van der Waals surface area contributed by atoms with Crippen LogP contribution in [-0.4, -0.2) is 4.57 Å². The van der Waals surface area contributed by atoms with E-state index in [9.17, 15) is 4.79 Å². The molecule has 0 fully saturated rings. The second-order valence-corrected chi connectivity index (χ2v) is 3.56. The maximum Gasteiger partial charge on any atom is 0.250 e. The highest BCUT2D eigenvalue weighted by Crippen LogP contribution is 2.05. The highest BCUT2D eigenvalue weighted by Gasteiger charge is 1.95. The predicted octanol–water partition coefficient (Wildman–Crippen LogP) is 1.91. The number of nitrogens with zero attached hydrogens (tertiary/aromatic N) is 2. The Balaban J connectivity index is 2.71. The van der Waals surface area contributed by atoms with Crippen LogP contribution in [0, 0.1) is 11.3 Å². The molecule has 0 aliphatic heterocycles. The van der Waals surface area contributed by atoms with Gasteiger partial charge in [0.2, 0.25) is 0 Å². The average Bonchev–Trinajstić information content (AvgIpc) is 2.11. The van der Waals surface area contributed by atoms with E-state index in [1.54, 1.807) is 16.8 Å². The van der Waals surface area contributed by atoms with Gasteiger partial charge < -0.3 is 4.57 Å². The first-order valence-electron chi connectivity index (χ1n) is 3.97. The van der Waals surface area contributed by atoms with Gasteiger partial charge in [-0.25, -0.2) is 0 Å². The van der Waals surface area contributed by atoms with Gasteiger partial charge in [-0.15, -0.1) is 0 Å². The first kappa shape index (κ1) is 10.0. The van der Waals surface area contributed by atoms with Gasteiger partial charge in [-0.3, -0.25) is 4.79 Å². The van der Waals surface area contributed by atoms with Crippen molar-refractivity contribution in [1.82, 2.24) is 4.57 Å². The Labute approximate surface area is 84.7 Å². The Hall–Kier alpha value is -1.08. The second kappa shape index (κ2) is 4.83. The smallest absolute Gasteiger partial charge is 0.250 e. The van der Waals surface area contributed by atoms with E-state index in [-0.39, 0.29) is 5.56 Å². The molecule has 0 unspecified atom stereocenters. The fraction of sp³-hybridized carbons (Fsp3) is 0.333. The van der Waals surface area contributed by atoms with Crippen LogP contribution in [-0.2, 0) is 6.54 Å². The van der Waals surface area contributed by atoms with Crippen LogP contribution in [0.4, 0.5) is 0 Å². The van der Waals surface area contributed by atoms with E-state index in [2.05, 4.69) is 15.9 Å². The molecule has 0 bridgehead atoms. The molecule has 0 radical (unpaired) electrons. The summed E-state index contributed by atoms with van der Waals surface area (Å²) in [4.78, 5) is 11.2. The standard InChI is InChI=1S/C9H9BrN2O/c10-8-3-4-9(13)12(7-8)6-2-1-5-11/h3-4,7H,1-2,6H2. The molecule has 13 heavy (non-hydrogen) atoms. The Morgan fingerprint density at radius 1 is 1.54 bits per heavy atom. The lowest BCUT2D eigenvalue weighted by molar-refractivity contribution is 0.630. The van der Waals surface area contributed by atoms with Crippen molar-refractivity contribution in [1.29, 1.82) is 5.26 Å². The number of hydrogen-bond acceptors (Lipinski definition) is 2. The third kappa shape index (κ3) is 3.03. The largest absolute Gasteiger partial charge is 0.314 e. The molecule has 4 heteroatoms. The molecule has 1 aromatic heterocycles. The highest BCUT2D eigenvalue weighted by atomic mass is 79.9. The van der Waals surface area contributed by atoms with E-state index < -0.39 is 0 Å². The lowest BCUT2D eigenvalue weighted by Crippen LogP contribution is -2.17. The van der Waals surface area contributed by atoms with Gasteiger partial charge in [0.25, 0.3) is 5.56 Å². The number of aromatic nitrogens is 1. The van der Waals surface area contributed by atoms with E-state index in [4.69, 9.17) is 5.26 Å². The molecule has 1 aromatic rings. The van der Waals surface area contributed by atoms with Crippen molar-refractivity contribution in [2.24, 2.45) is 0 Å². The van der Waals surface area contributed by atoms with Gasteiger partial charge in [-0.2, -0.15) is 5.26 Å². The zero-order valence-electron chi connectivity index (χ0n) is 7.03. The van der Waals surface area contributed by atoms with Crippen molar-refractivity contribution >= 4 is 15.9 Å². The third-order valence-electron chi connectivity index (χ3n) is 1.63. The first-order valence-corrected chi connectivity index (χ1v) is 4.76. The number of hydrogen-bond donors (Lipinski definition) is 0.